The molecule has 0 aliphatic heterocycles. The van der Waals surface area contributed by atoms with Crippen LogP contribution in [0.5, 0.6) is 0 Å². The number of carbonyl (C=O) groups excluding carboxylic acids is 1. The van der Waals surface area contributed by atoms with Gasteiger partial charge >= 0.3 is 24.0 Å². The Kier molecular flexibility index (Phi) is 7.80. The van der Waals surface area contributed by atoms with Crippen molar-refractivity contribution in [1.29, 1.82) is 0 Å². The van der Waals surface area contributed by atoms with E-state index in [4.69, 9.17) is 15.3 Å². The highest BCUT2D eigenvalue weighted by Crippen LogP contribution is 2.07. The fourth-order valence-corrected chi connectivity index (χ4v) is 1.49. The molecule has 2 atom stereocenters. The molecule has 0 aromatic carbocycles. The van der Waals surface area contributed by atoms with Crippen LogP contribution in [0.1, 0.15) is 33.1 Å². The lowest BCUT2D eigenvalue weighted by Gasteiger charge is -2.18. The van der Waals surface area contributed by atoms with Crippen LogP contribution in [0.15, 0.2) is 0 Å². The van der Waals surface area contributed by atoms with Gasteiger partial charge in [0.05, 0.1) is 0 Å². The minimum absolute atomic E-state index is 0.00585. The molecule has 9 heteroatoms. The van der Waals surface area contributed by atoms with E-state index in [9.17, 15) is 19.2 Å². The molecule has 1 amide bonds. The molecule has 21 heavy (non-hydrogen) atoms. The van der Waals surface area contributed by atoms with Crippen molar-refractivity contribution >= 4 is 24.0 Å². The molecule has 0 aliphatic rings. The average molecular weight is 305 g/mol. The van der Waals surface area contributed by atoms with Gasteiger partial charge in [0.2, 0.25) is 6.10 Å². The van der Waals surface area contributed by atoms with Gasteiger partial charge in [0.15, 0.2) is 0 Å². The maximum Gasteiger partial charge on any atom is 0.408 e. The van der Waals surface area contributed by atoms with Gasteiger partial charge in [0.1, 0.15) is 6.04 Å². The van der Waals surface area contributed by atoms with E-state index >= 15 is 0 Å². The lowest BCUT2D eigenvalue weighted by molar-refractivity contribution is -0.148. The second-order valence-electron chi connectivity index (χ2n) is 4.83. The highest BCUT2D eigenvalue weighted by Gasteiger charge is 2.27. The van der Waals surface area contributed by atoms with Crippen molar-refractivity contribution in [2.75, 3.05) is 0 Å². The van der Waals surface area contributed by atoms with Crippen molar-refractivity contribution in [1.82, 2.24) is 5.32 Å². The van der Waals surface area contributed by atoms with E-state index < -0.39 is 49.0 Å². The summed E-state index contributed by atoms with van der Waals surface area (Å²) in [7, 11) is 0. The molecule has 0 aromatic heterocycles. The number of carboxylic acid groups (broad SMARTS) is 3. The number of carboxylic acids is 3. The van der Waals surface area contributed by atoms with Gasteiger partial charge < -0.3 is 25.4 Å². The molecule has 0 unspecified atom stereocenters. The van der Waals surface area contributed by atoms with Crippen LogP contribution in [0.2, 0.25) is 0 Å². The monoisotopic (exact) mass is 305 g/mol. The summed E-state index contributed by atoms with van der Waals surface area (Å²) in [5, 5.41) is 28.3. The first-order valence-electron chi connectivity index (χ1n) is 6.28. The van der Waals surface area contributed by atoms with Gasteiger partial charge in [0.25, 0.3) is 0 Å². The predicted molar refractivity (Wildman–Crippen MR) is 68.8 cm³/mol. The Hall–Kier alpha value is -2.32. The molecule has 0 saturated carbocycles. The zero-order valence-corrected chi connectivity index (χ0v) is 11.7. The van der Waals surface area contributed by atoms with E-state index in [1.165, 1.54) is 0 Å². The fourth-order valence-electron chi connectivity index (χ4n) is 1.49. The van der Waals surface area contributed by atoms with Gasteiger partial charge in [0, 0.05) is 12.8 Å². The first-order valence-corrected chi connectivity index (χ1v) is 6.28. The van der Waals surface area contributed by atoms with Crippen molar-refractivity contribution in [3.05, 3.63) is 0 Å². The van der Waals surface area contributed by atoms with Crippen LogP contribution in [0.25, 0.3) is 0 Å². The van der Waals surface area contributed by atoms with Crippen LogP contribution in [-0.4, -0.2) is 51.5 Å². The Labute approximate surface area is 120 Å². The maximum atomic E-state index is 11.5. The van der Waals surface area contributed by atoms with Gasteiger partial charge in [-0.05, 0) is 12.3 Å². The average Bonchev–Trinajstić information content (AvgIpc) is 2.32. The van der Waals surface area contributed by atoms with E-state index in [2.05, 4.69) is 4.74 Å². The maximum absolute atomic E-state index is 11.5. The van der Waals surface area contributed by atoms with Crippen molar-refractivity contribution < 1.29 is 39.2 Å². The summed E-state index contributed by atoms with van der Waals surface area (Å²) < 4.78 is 4.55. The Morgan fingerprint density at radius 1 is 1.05 bits per heavy atom. The van der Waals surface area contributed by atoms with Crippen LogP contribution in [0, 0.1) is 5.92 Å². The normalized spacial score (nSPS) is 13.3. The summed E-state index contributed by atoms with van der Waals surface area (Å²) in [6.45, 7) is 3.52. The van der Waals surface area contributed by atoms with Gasteiger partial charge in [-0.3, -0.25) is 4.79 Å². The molecule has 120 valence electrons. The number of carbonyl (C=O) groups is 4. The molecule has 4 N–H and O–H groups in total. The SMILES string of the molecule is CC(C)C[C@H](NC(=O)O[C@H](CCC(=O)O)C(=O)O)C(=O)O. The molecule has 0 aliphatic carbocycles. The second-order valence-corrected chi connectivity index (χ2v) is 4.83. The summed E-state index contributed by atoms with van der Waals surface area (Å²) in [5.74, 6) is -4.00. The zero-order chi connectivity index (χ0) is 16.6. The summed E-state index contributed by atoms with van der Waals surface area (Å²) >= 11 is 0. The van der Waals surface area contributed by atoms with Crippen LogP contribution < -0.4 is 5.32 Å². The zero-order valence-electron chi connectivity index (χ0n) is 11.7. The summed E-state index contributed by atoms with van der Waals surface area (Å²) in [4.78, 5) is 43.6. The third-order valence-electron chi connectivity index (χ3n) is 2.44. The smallest absolute Gasteiger partial charge is 0.408 e. The Bertz CT molecular complexity index is 406. The summed E-state index contributed by atoms with van der Waals surface area (Å²) in [6, 6.07) is -1.20. The lowest BCUT2D eigenvalue weighted by Crippen LogP contribution is -2.44. The number of hydrogen-bond donors (Lipinski definition) is 4. The third-order valence-corrected chi connectivity index (χ3v) is 2.44. The number of aliphatic carboxylic acids is 3. The Morgan fingerprint density at radius 2 is 1.62 bits per heavy atom. The number of alkyl carbamates (subject to hydrolysis) is 1. The van der Waals surface area contributed by atoms with E-state index in [1.807, 2.05) is 5.32 Å². The van der Waals surface area contributed by atoms with Gasteiger partial charge in [-0.2, -0.15) is 0 Å². The standard InChI is InChI=1S/C12H19NO8/c1-6(2)5-7(10(16)17)13-12(20)21-8(11(18)19)3-4-9(14)15/h6-8H,3-5H2,1-2H3,(H,13,20)(H,14,15)(H,16,17)(H,18,19)/t7-,8+/m0/s1. The molecule has 0 fully saturated rings. The number of hydrogen-bond acceptors (Lipinski definition) is 5. The molecule has 9 nitrogen and oxygen atoms in total. The molecule has 0 spiro atoms. The van der Waals surface area contributed by atoms with Crippen molar-refractivity contribution in [2.45, 2.75) is 45.3 Å². The van der Waals surface area contributed by atoms with E-state index in [0.717, 1.165) is 0 Å². The minimum Gasteiger partial charge on any atom is -0.481 e. The quantitative estimate of drug-likeness (QED) is 0.481. The lowest BCUT2D eigenvalue weighted by atomic mass is 10.0. The summed E-state index contributed by atoms with van der Waals surface area (Å²) in [6.07, 6.45) is -3.59. The largest absolute Gasteiger partial charge is 0.481 e. The van der Waals surface area contributed by atoms with Crippen molar-refractivity contribution in [3.63, 3.8) is 0 Å². The van der Waals surface area contributed by atoms with Crippen molar-refractivity contribution in [2.24, 2.45) is 5.92 Å². The predicted octanol–water partition coefficient (Wildman–Crippen LogP) is 0.530. The molecule has 0 rings (SSSR count). The molecule has 0 saturated heterocycles. The van der Waals surface area contributed by atoms with Gasteiger partial charge in [-0.1, -0.05) is 13.8 Å². The molecular formula is C12H19NO8. The van der Waals surface area contributed by atoms with E-state index in [0.29, 0.717) is 0 Å². The minimum atomic E-state index is -1.64. The fraction of sp³-hybridized carbons (Fsp3) is 0.667. The molecule has 0 bridgehead atoms. The van der Waals surface area contributed by atoms with Crippen LogP contribution >= 0.6 is 0 Å². The highest BCUT2D eigenvalue weighted by molar-refractivity contribution is 5.82. The van der Waals surface area contributed by atoms with Crippen LogP contribution in [-0.2, 0) is 19.1 Å². The van der Waals surface area contributed by atoms with Gasteiger partial charge in [-0.25, -0.2) is 14.4 Å². The summed E-state index contributed by atoms with van der Waals surface area (Å²) in [5.41, 5.74) is 0. The molecule has 0 heterocycles. The number of ether oxygens (including phenoxy) is 1. The number of nitrogens with one attached hydrogen (secondary N) is 1. The Balaban J connectivity index is 4.56. The first-order chi connectivity index (χ1) is 9.63. The number of rotatable bonds is 9. The van der Waals surface area contributed by atoms with Crippen molar-refractivity contribution in [3.8, 4) is 0 Å². The molecular weight excluding hydrogens is 286 g/mol. The topological polar surface area (TPSA) is 150 Å². The highest BCUT2D eigenvalue weighted by atomic mass is 16.6. The molecule has 0 aromatic rings. The van der Waals surface area contributed by atoms with Crippen LogP contribution in [0.3, 0.4) is 0 Å². The molecule has 0 radical (unpaired) electrons. The van der Waals surface area contributed by atoms with E-state index in [1.54, 1.807) is 13.8 Å². The Morgan fingerprint density at radius 3 is 2.00 bits per heavy atom. The van der Waals surface area contributed by atoms with E-state index in [-0.39, 0.29) is 12.3 Å². The third kappa shape index (κ3) is 8.45. The second kappa shape index (κ2) is 8.77. The van der Waals surface area contributed by atoms with Crippen LogP contribution in [0.4, 0.5) is 4.79 Å². The first kappa shape index (κ1) is 18.7. The number of amides is 1. The van der Waals surface area contributed by atoms with Gasteiger partial charge in [-0.15, -0.1) is 0 Å².